The Kier molecular flexibility index (Phi) is 5.37. The maximum Gasteiger partial charge on any atom is 0.342 e. The van der Waals surface area contributed by atoms with Crippen molar-refractivity contribution in [3.63, 3.8) is 0 Å². The summed E-state index contributed by atoms with van der Waals surface area (Å²) in [5.74, 6) is -0.910. The van der Waals surface area contributed by atoms with Crippen LogP contribution in [-0.4, -0.2) is 30.6 Å². The second-order valence-corrected chi connectivity index (χ2v) is 5.63. The smallest absolute Gasteiger partial charge is 0.342 e. The molecule has 1 N–H and O–H groups in total. The molecule has 0 fully saturated rings. The van der Waals surface area contributed by atoms with Crippen molar-refractivity contribution < 1.29 is 24.2 Å². The lowest BCUT2D eigenvalue weighted by molar-refractivity contribution is 0.0471. The van der Waals surface area contributed by atoms with Crippen molar-refractivity contribution in [1.29, 1.82) is 0 Å². The van der Waals surface area contributed by atoms with Gasteiger partial charge in [0.25, 0.3) is 0 Å². The summed E-state index contributed by atoms with van der Waals surface area (Å²) in [4.78, 5) is 23.8. The van der Waals surface area contributed by atoms with Crippen molar-refractivity contribution >= 4 is 34.3 Å². The van der Waals surface area contributed by atoms with E-state index in [1.54, 1.807) is 24.3 Å². The van der Waals surface area contributed by atoms with Gasteiger partial charge in [-0.25, -0.2) is 4.79 Å². The van der Waals surface area contributed by atoms with E-state index in [9.17, 15) is 14.7 Å². The number of hydrogen-bond acceptors (Lipinski definition) is 5. The molecule has 0 bridgehead atoms. The number of rotatable bonds is 5. The van der Waals surface area contributed by atoms with Crippen LogP contribution in [0, 0.1) is 3.57 Å². The van der Waals surface area contributed by atoms with Crippen molar-refractivity contribution in [1.82, 2.24) is 0 Å². The van der Waals surface area contributed by atoms with Crippen LogP contribution in [0.25, 0.3) is 0 Å². The third kappa shape index (κ3) is 3.97. The van der Waals surface area contributed by atoms with Gasteiger partial charge in [0.1, 0.15) is 17.1 Å². The highest BCUT2D eigenvalue weighted by Crippen LogP contribution is 2.24. The molecular weight excluding hydrogens is 399 g/mol. The standard InChI is InChI=1S/C16H13IO5/c1-21-12-6-7-13(14(18)8-12)16(20)22-9-15(19)10-2-4-11(17)5-3-10/h2-8,18H,9H2,1H3. The van der Waals surface area contributed by atoms with Crippen LogP contribution in [0.2, 0.25) is 0 Å². The third-order valence-electron chi connectivity index (χ3n) is 2.93. The SMILES string of the molecule is COc1ccc(C(=O)OCC(=O)c2ccc(I)cc2)c(O)c1. The number of halogens is 1. The maximum atomic E-state index is 11.9. The van der Waals surface area contributed by atoms with E-state index >= 15 is 0 Å². The number of methoxy groups -OCH3 is 1. The molecule has 0 saturated heterocycles. The predicted octanol–water partition coefficient (Wildman–Crippen LogP) is 3.05. The molecule has 114 valence electrons. The molecule has 6 heteroatoms. The van der Waals surface area contributed by atoms with E-state index < -0.39 is 5.97 Å². The Morgan fingerprint density at radius 3 is 2.41 bits per heavy atom. The van der Waals surface area contributed by atoms with Gasteiger partial charge in [0.15, 0.2) is 12.4 Å². The molecular formula is C16H13IO5. The molecule has 0 unspecified atom stereocenters. The molecule has 2 aromatic rings. The lowest BCUT2D eigenvalue weighted by Crippen LogP contribution is -2.14. The summed E-state index contributed by atoms with van der Waals surface area (Å²) in [6.07, 6.45) is 0. The summed E-state index contributed by atoms with van der Waals surface area (Å²) in [6, 6.07) is 11.1. The number of aromatic hydroxyl groups is 1. The monoisotopic (exact) mass is 412 g/mol. The molecule has 0 aliphatic heterocycles. The topological polar surface area (TPSA) is 72.8 Å². The van der Waals surface area contributed by atoms with Gasteiger partial charge < -0.3 is 14.6 Å². The lowest BCUT2D eigenvalue weighted by Gasteiger charge is -2.07. The van der Waals surface area contributed by atoms with Gasteiger partial charge in [-0.15, -0.1) is 0 Å². The number of carbonyl (C=O) groups is 2. The molecule has 2 aromatic carbocycles. The van der Waals surface area contributed by atoms with Crippen LogP contribution in [-0.2, 0) is 4.74 Å². The highest BCUT2D eigenvalue weighted by molar-refractivity contribution is 14.1. The number of Topliss-reactive ketones (excluding diaryl/α,β-unsaturated/α-hetero) is 1. The zero-order valence-electron chi connectivity index (χ0n) is 11.7. The van der Waals surface area contributed by atoms with Gasteiger partial charge in [0.05, 0.1) is 7.11 Å². The van der Waals surface area contributed by atoms with Crippen LogP contribution in [0.4, 0.5) is 0 Å². The zero-order chi connectivity index (χ0) is 16.1. The molecule has 0 aromatic heterocycles. The van der Waals surface area contributed by atoms with Crippen molar-refractivity contribution in [2.45, 2.75) is 0 Å². The number of esters is 1. The van der Waals surface area contributed by atoms with Crippen molar-refractivity contribution in [3.8, 4) is 11.5 Å². The summed E-state index contributed by atoms with van der Waals surface area (Å²) in [5.41, 5.74) is 0.448. The Labute approximate surface area is 141 Å². The Bertz CT molecular complexity index is 694. The number of carbonyl (C=O) groups excluding carboxylic acids is 2. The van der Waals surface area contributed by atoms with E-state index in [1.807, 2.05) is 0 Å². The van der Waals surface area contributed by atoms with Gasteiger partial charge in [-0.1, -0.05) is 12.1 Å². The molecule has 0 spiro atoms. The molecule has 0 atom stereocenters. The number of ether oxygens (including phenoxy) is 2. The summed E-state index contributed by atoms with van der Waals surface area (Å²) in [6.45, 7) is -0.384. The molecule has 0 aliphatic rings. The van der Waals surface area contributed by atoms with Crippen LogP contribution in [0.15, 0.2) is 42.5 Å². The average Bonchev–Trinajstić information content (AvgIpc) is 2.52. The Morgan fingerprint density at radius 1 is 1.14 bits per heavy atom. The molecule has 0 heterocycles. The first-order chi connectivity index (χ1) is 10.5. The number of ketones is 1. The number of benzene rings is 2. The quantitative estimate of drug-likeness (QED) is 0.465. The van der Waals surface area contributed by atoms with Gasteiger partial charge in [0, 0.05) is 15.2 Å². The predicted molar refractivity (Wildman–Crippen MR) is 88.4 cm³/mol. The molecule has 0 aliphatic carbocycles. The summed E-state index contributed by atoms with van der Waals surface area (Å²) in [5, 5.41) is 9.74. The molecule has 5 nitrogen and oxygen atoms in total. The van der Waals surface area contributed by atoms with E-state index in [0.29, 0.717) is 11.3 Å². The van der Waals surface area contributed by atoms with E-state index in [2.05, 4.69) is 22.6 Å². The number of phenolic OH excluding ortho intramolecular Hbond substituents is 1. The van der Waals surface area contributed by atoms with E-state index in [4.69, 9.17) is 9.47 Å². The summed E-state index contributed by atoms with van der Waals surface area (Å²) < 4.78 is 10.9. The van der Waals surface area contributed by atoms with Crippen LogP contribution < -0.4 is 4.74 Å². The molecule has 0 saturated carbocycles. The first-order valence-electron chi connectivity index (χ1n) is 6.34. The van der Waals surface area contributed by atoms with Gasteiger partial charge in [0.2, 0.25) is 0 Å². The van der Waals surface area contributed by atoms with Crippen molar-refractivity contribution in [2.75, 3.05) is 13.7 Å². The van der Waals surface area contributed by atoms with Gasteiger partial charge >= 0.3 is 5.97 Å². The molecule has 2 rings (SSSR count). The lowest BCUT2D eigenvalue weighted by atomic mass is 10.1. The van der Waals surface area contributed by atoms with Crippen LogP contribution in [0.3, 0.4) is 0 Å². The average molecular weight is 412 g/mol. The summed E-state index contributed by atoms with van der Waals surface area (Å²) >= 11 is 2.13. The number of hydrogen-bond donors (Lipinski definition) is 1. The molecule has 0 radical (unpaired) electrons. The minimum Gasteiger partial charge on any atom is -0.507 e. The van der Waals surface area contributed by atoms with Crippen molar-refractivity contribution in [2.24, 2.45) is 0 Å². The minimum atomic E-state index is -0.765. The highest BCUT2D eigenvalue weighted by Gasteiger charge is 2.15. The maximum absolute atomic E-state index is 11.9. The van der Waals surface area contributed by atoms with E-state index in [0.717, 1.165) is 3.57 Å². The molecule has 22 heavy (non-hydrogen) atoms. The van der Waals surface area contributed by atoms with Crippen LogP contribution >= 0.6 is 22.6 Å². The summed E-state index contributed by atoms with van der Waals surface area (Å²) in [7, 11) is 1.45. The van der Waals surface area contributed by atoms with E-state index in [1.165, 1.54) is 25.3 Å². The Morgan fingerprint density at radius 2 is 1.82 bits per heavy atom. The largest absolute Gasteiger partial charge is 0.507 e. The second kappa shape index (κ2) is 7.26. The van der Waals surface area contributed by atoms with Gasteiger partial charge in [-0.05, 0) is 46.9 Å². The van der Waals surface area contributed by atoms with Crippen LogP contribution in [0.5, 0.6) is 11.5 Å². The Hall–Kier alpha value is -2.09. The van der Waals surface area contributed by atoms with Crippen molar-refractivity contribution in [3.05, 3.63) is 57.2 Å². The zero-order valence-corrected chi connectivity index (χ0v) is 13.9. The first kappa shape index (κ1) is 16.3. The van der Waals surface area contributed by atoms with Gasteiger partial charge in [-0.3, -0.25) is 4.79 Å². The van der Waals surface area contributed by atoms with Gasteiger partial charge in [-0.2, -0.15) is 0 Å². The minimum absolute atomic E-state index is 0.0174. The van der Waals surface area contributed by atoms with E-state index in [-0.39, 0.29) is 23.7 Å². The Balaban J connectivity index is 2.00. The highest BCUT2D eigenvalue weighted by atomic mass is 127. The molecule has 0 amide bonds. The number of phenols is 1. The first-order valence-corrected chi connectivity index (χ1v) is 7.42. The normalized spacial score (nSPS) is 10.1. The fraction of sp³-hybridized carbons (Fsp3) is 0.125. The fourth-order valence-electron chi connectivity index (χ4n) is 1.74. The third-order valence-corrected chi connectivity index (χ3v) is 3.64. The fourth-order valence-corrected chi connectivity index (χ4v) is 2.10. The van der Waals surface area contributed by atoms with Crippen LogP contribution in [0.1, 0.15) is 20.7 Å². The second-order valence-electron chi connectivity index (χ2n) is 4.39.